The van der Waals surface area contributed by atoms with Crippen LogP contribution in [0.25, 0.3) is 0 Å². The van der Waals surface area contributed by atoms with E-state index < -0.39 is 5.82 Å². The molecule has 0 aromatic heterocycles. The van der Waals surface area contributed by atoms with Crippen LogP contribution in [0.3, 0.4) is 0 Å². The third-order valence-corrected chi connectivity index (χ3v) is 2.89. The molecule has 1 aliphatic carbocycles. The van der Waals surface area contributed by atoms with Crippen LogP contribution < -0.4 is 5.73 Å². The number of halogens is 2. The van der Waals surface area contributed by atoms with E-state index in [1.807, 2.05) is 0 Å². The summed E-state index contributed by atoms with van der Waals surface area (Å²) in [6.07, 6.45) is 2.00. The molecular formula is C11H13F2N. The Morgan fingerprint density at radius 3 is 2.86 bits per heavy atom. The zero-order chi connectivity index (χ0) is 10.3. The molecule has 0 bridgehead atoms. The second-order valence-electron chi connectivity index (χ2n) is 3.94. The smallest absolute Gasteiger partial charge is 0.132 e. The number of benzene rings is 1. The predicted molar refractivity (Wildman–Crippen MR) is 51.1 cm³/mol. The molecule has 1 aromatic rings. The third-order valence-electron chi connectivity index (χ3n) is 2.89. The van der Waals surface area contributed by atoms with E-state index in [4.69, 9.17) is 5.73 Å². The van der Waals surface area contributed by atoms with Gasteiger partial charge in [-0.25, -0.2) is 8.78 Å². The van der Waals surface area contributed by atoms with E-state index in [9.17, 15) is 8.78 Å². The summed E-state index contributed by atoms with van der Waals surface area (Å²) < 4.78 is 26.8. The first kappa shape index (κ1) is 9.59. The molecule has 2 N–H and O–H groups in total. The minimum atomic E-state index is -0.463. The molecule has 0 radical (unpaired) electrons. The van der Waals surface area contributed by atoms with E-state index in [2.05, 4.69) is 0 Å². The molecule has 1 unspecified atom stereocenters. The Hall–Kier alpha value is -0.960. The maximum atomic E-state index is 13.6. The van der Waals surface area contributed by atoms with Gasteiger partial charge in [-0.1, -0.05) is 0 Å². The lowest BCUT2D eigenvalue weighted by Gasteiger charge is -2.22. The Labute approximate surface area is 81.9 Å². The second-order valence-corrected chi connectivity index (χ2v) is 3.94. The molecule has 0 fully saturated rings. The number of hydrogen-bond donors (Lipinski definition) is 1. The number of hydrogen-bond acceptors (Lipinski definition) is 1. The van der Waals surface area contributed by atoms with Crippen LogP contribution in [-0.2, 0) is 12.8 Å². The second kappa shape index (κ2) is 3.31. The van der Waals surface area contributed by atoms with Crippen molar-refractivity contribution in [3.8, 4) is 0 Å². The summed E-state index contributed by atoms with van der Waals surface area (Å²) in [6, 6.07) is 1.47. The Kier molecular flexibility index (Phi) is 2.27. The summed E-state index contributed by atoms with van der Waals surface area (Å²) in [5.41, 5.74) is 7.27. The summed E-state index contributed by atoms with van der Waals surface area (Å²) in [4.78, 5) is 0. The zero-order valence-electron chi connectivity index (χ0n) is 8.11. The molecular weight excluding hydrogens is 184 g/mol. The first-order valence-electron chi connectivity index (χ1n) is 4.81. The van der Waals surface area contributed by atoms with Crippen LogP contribution in [0.1, 0.15) is 23.1 Å². The van der Waals surface area contributed by atoms with Crippen LogP contribution in [-0.4, -0.2) is 6.04 Å². The molecule has 0 heterocycles. The van der Waals surface area contributed by atoms with E-state index in [-0.39, 0.29) is 17.4 Å². The number of rotatable bonds is 0. The maximum Gasteiger partial charge on any atom is 0.132 e. The molecule has 76 valence electrons. The molecule has 0 saturated heterocycles. The van der Waals surface area contributed by atoms with Gasteiger partial charge in [0.25, 0.3) is 0 Å². The van der Waals surface area contributed by atoms with Gasteiger partial charge in [-0.05, 0) is 43.4 Å². The van der Waals surface area contributed by atoms with Crippen molar-refractivity contribution in [1.29, 1.82) is 0 Å². The van der Waals surface area contributed by atoms with Crippen molar-refractivity contribution in [2.75, 3.05) is 0 Å². The van der Waals surface area contributed by atoms with Crippen molar-refractivity contribution in [1.82, 2.24) is 0 Å². The molecule has 1 atom stereocenters. The normalized spacial score (nSPS) is 20.7. The molecule has 3 heteroatoms. The highest BCUT2D eigenvalue weighted by Gasteiger charge is 2.21. The fourth-order valence-electron chi connectivity index (χ4n) is 1.99. The summed E-state index contributed by atoms with van der Waals surface area (Å²) in [5.74, 6) is -0.845. The molecule has 1 nitrogen and oxygen atoms in total. The van der Waals surface area contributed by atoms with Gasteiger partial charge in [0.2, 0.25) is 0 Å². The standard InChI is InChI=1S/C11H13F2N/c1-6-10(12)5-7-4-8(14)2-3-9(7)11(6)13/h5,8H,2-4,14H2,1H3. The lowest BCUT2D eigenvalue weighted by molar-refractivity contribution is 0.512. The molecule has 0 aliphatic heterocycles. The number of fused-ring (bicyclic) bond motifs is 1. The summed E-state index contributed by atoms with van der Waals surface area (Å²) in [7, 11) is 0. The van der Waals surface area contributed by atoms with Crippen LogP contribution in [0.15, 0.2) is 6.07 Å². The lowest BCUT2D eigenvalue weighted by Crippen LogP contribution is -2.28. The van der Waals surface area contributed by atoms with E-state index >= 15 is 0 Å². The van der Waals surface area contributed by atoms with Gasteiger partial charge < -0.3 is 5.73 Å². The highest BCUT2D eigenvalue weighted by Crippen LogP contribution is 2.27. The molecule has 1 aromatic carbocycles. The zero-order valence-corrected chi connectivity index (χ0v) is 8.11. The predicted octanol–water partition coefficient (Wildman–Crippen LogP) is 2.09. The first-order chi connectivity index (χ1) is 6.59. The van der Waals surface area contributed by atoms with E-state index in [1.165, 1.54) is 13.0 Å². The monoisotopic (exact) mass is 197 g/mol. The van der Waals surface area contributed by atoms with Gasteiger partial charge in [0.1, 0.15) is 11.6 Å². The van der Waals surface area contributed by atoms with Crippen LogP contribution in [0.5, 0.6) is 0 Å². The van der Waals surface area contributed by atoms with Crippen molar-refractivity contribution < 1.29 is 8.78 Å². The Morgan fingerprint density at radius 2 is 2.14 bits per heavy atom. The van der Waals surface area contributed by atoms with Gasteiger partial charge in [0.05, 0.1) is 0 Å². The van der Waals surface area contributed by atoms with Crippen LogP contribution >= 0.6 is 0 Å². The van der Waals surface area contributed by atoms with E-state index in [0.717, 1.165) is 12.0 Å². The van der Waals surface area contributed by atoms with Crippen LogP contribution in [0.2, 0.25) is 0 Å². The van der Waals surface area contributed by atoms with Gasteiger partial charge in [-0.3, -0.25) is 0 Å². The van der Waals surface area contributed by atoms with Gasteiger partial charge in [0, 0.05) is 11.6 Å². The fraction of sp³-hybridized carbons (Fsp3) is 0.455. The van der Waals surface area contributed by atoms with Crippen molar-refractivity contribution in [2.24, 2.45) is 5.73 Å². The fourth-order valence-corrected chi connectivity index (χ4v) is 1.99. The third kappa shape index (κ3) is 1.42. The van der Waals surface area contributed by atoms with Crippen molar-refractivity contribution in [3.05, 3.63) is 34.4 Å². The minimum Gasteiger partial charge on any atom is -0.327 e. The van der Waals surface area contributed by atoms with Crippen LogP contribution in [0, 0.1) is 18.6 Å². The lowest BCUT2D eigenvalue weighted by atomic mass is 9.87. The van der Waals surface area contributed by atoms with Crippen molar-refractivity contribution >= 4 is 0 Å². The quantitative estimate of drug-likeness (QED) is 0.677. The molecule has 14 heavy (non-hydrogen) atoms. The minimum absolute atomic E-state index is 0.0454. The largest absolute Gasteiger partial charge is 0.327 e. The molecule has 2 rings (SSSR count). The van der Waals surface area contributed by atoms with Crippen molar-refractivity contribution in [2.45, 2.75) is 32.2 Å². The summed E-state index contributed by atoms with van der Waals surface area (Å²) in [6.45, 7) is 1.47. The molecule has 0 saturated carbocycles. The van der Waals surface area contributed by atoms with Gasteiger partial charge in [0.15, 0.2) is 0 Å². The Morgan fingerprint density at radius 1 is 1.43 bits per heavy atom. The number of nitrogens with two attached hydrogens (primary N) is 1. The highest BCUT2D eigenvalue weighted by molar-refractivity contribution is 5.36. The Bertz CT molecular complexity index is 374. The van der Waals surface area contributed by atoms with Gasteiger partial charge in [-0.2, -0.15) is 0 Å². The van der Waals surface area contributed by atoms with Crippen LogP contribution in [0.4, 0.5) is 8.78 Å². The SMILES string of the molecule is Cc1c(F)cc2c(c1F)CCC(N)C2. The van der Waals surface area contributed by atoms with E-state index in [0.29, 0.717) is 18.4 Å². The topological polar surface area (TPSA) is 26.0 Å². The molecule has 1 aliphatic rings. The molecule has 0 amide bonds. The van der Waals surface area contributed by atoms with E-state index in [1.54, 1.807) is 0 Å². The highest BCUT2D eigenvalue weighted by atomic mass is 19.1. The summed E-state index contributed by atoms with van der Waals surface area (Å²) in [5, 5.41) is 0. The average molecular weight is 197 g/mol. The average Bonchev–Trinajstić information content (AvgIpc) is 2.14. The van der Waals surface area contributed by atoms with Crippen molar-refractivity contribution in [3.63, 3.8) is 0 Å². The van der Waals surface area contributed by atoms with Gasteiger partial charge in [-0.15, -0.1) is 0 Å². The van der Waals surface area contributed by atoms with Gasteiger partial charge >= 0.3 is 0 Å². The first-order valence-corrected chi connectivity index (χ1v) is 4.81. The Balaban J connectivity index is 2.54. The summed E-state index contributed by atoms with van der Waals surface area (Å²) >= 11 is 0. The molecule has 0 spiro atoms. The maximum absolute atomic E-state index is 13.6.